The molecular weight excluding hydrogens is 275 g/mol. The molecule has 0 atom stereocenters. The molecule has 1 rings (SSSR count). The van der Waals surface area contributed by atoms with Crippen molar-refractivity contribution >= 4 is 13.4 Å². The van der Waals surface area contributed by atoms with E-state index in [0.29, 0.717) is 11.5 Å². The van der Waals surface area contributed by atoms with Gasteiger partial charge in [0.05, 0.1) is 13.2 Å². The summed E-state index contributed by atoms with van der Waals surface area (Å²) in [6.07, 6.45) is -0.213. The Morgan fingerprint density at radius 1 is 1.10 bits per heavy atom. The molecule has 0 bridgehead atoms. The summed E-state index contributed by atoms with van der Waals surface area (Å²) in [4.78, 5) is 12.2. The lowest BCUT2D eigenvalue weighted by atomic mass is 10.0. The second-order valence-corrected chi connectivity index (χ2v) is 6.86. The van der Waals surface area contributed by atoms with E-state index in [1.165, 1.54) is 5.56 Å². The number of carbonyl (C=O) groups is 1. The van der Waals surface area contributed by atoms with Crippen LogP contribution in [0.25, 0.3) is 0 Å². The van der Waals surface area contributed by atoms with Gasteiger partial charge in [-0.1, -0.05) is 38.1 Å². The molecule has 0 spiro atoms. The first-order valence-corrected chi connectivity index (χ1v) is 8.66. The fraction of sp³-hybridized carbons (Fsp3) is 0.533. The van der Waals surface area contributed by atoms with Crippen LogP contribution in [0, 0.1) is 0 Å². The minimum Gasteiger partial charge on any atom is -0.309 e. The summed E-state index contributed by atoms with van der Waals surface area (Å²) in [5.74, 6) is 0.197. The second-order valence-electron chi connectivity index (χ2n) is 4.80. The smallest absolute Gasteiger partial charge is 0.309 e. The van der Waals surface area contributed by atoms with E-state index in [2.05, 4.69) is 13.8 Å². The van der Waals surface area contributed by atoms with E-state index >= 15 is 0 Å². The van der Waals surface area contributed by atoms with Crippen LogP contribution in [0.1, 0.15) is 49.5 Å². The zero-order valence-corrected chi connectivity index (χ0v) is 13.5. The van der Waals surface area contributed by atoms with Crippen LogP contribution in [0.4, 0.5) is 0 Å². The first-order valence-electron chi connectivity index (χ1n) is 6.93. The SMILES string of the molecule is CCOP(=O)(CC(=O)c1ccc(C(C)C)cc1)OCC. The number of carbonyl (C=O) groups excluding carboxylic acids is 1. The molecule has 0 aliphatic heterocycles. The first-order chi connectivity index (χ1) is 9.41. The van der Waals surface area contributed by atoms with Crippen molar-refractivity contribution in [2.45, 2.75) is 33.6 Å². The number of hydrogen-bond acceptors (Lipinski definition) is 4. The minimum atomic E-state index is -3.32. The third-order valence-corrected chi connectivity index (χ3v) is 4.87. The molecule has 0 fully saturated rings. The lowest BCUT2D eigenvalue weighted by Gasteiger charge is -2.16. The third kappa shape index (κ3) is 4.86. The van der Waals surface area contributed by atoms with E-state index in [1.54, 1.807) is 26.0 Å². The van der Waals surface area contributed by atoms with Crippen molar-refractivity contribution in [1.29, 1.82) is 0 Å². The van der Waals surface area contributed by atoms with Crippen LogP contribution in [0.2, 0.25) is 0 Å². The van der Waals surface area contributed by atoms with Gasteiger partial charge in [-0.2, -0.15) is 0 Å². The van der Waals surface area contributed by atoms with Crippen molar-refractivity contribution in [2.24, 2.45) is 0 Å². The third-order valence-electron chi connectivity index (χ3n) is 2.89. The van der Waals surface area contributed by atoms with E-state index in [-0.39, 0.29) is 25.2 Å². The molecule has 0 saturated heterocycles. The van der Waals surface area contributed by atoms with Crippen LogP contribution in [0.5, 0.6) is 0 Å². The molecule has 0 amide bonds. The van der Waals surface area contributed by atoms with E-state index in [0.717, 1.165) is 0 Å². The number of benzene rings is 1. The van der Waals surface area contributed by atoms with E-state index in [9.17, 15) is 9.36 Å². The summed E-state index contributed by atoms with van der Waals surface area (Å²) in [5, 5.41) is 0. The predicted octanol–water partition coefficient (Wildman–Crippen LogP) is 4.26. The number of rotatable bonds is 8. The average Bonchev–Trinajstić information content (AvgIpc) is 2.39. The molecule has 4 nitrogen and oxygen atoms in total. The molecular formula is C15H23O4P. The van der Waals surface area contributed by atoms with E-state index < -0.39 is 7.60 Å². The molecule has 1 aromatic rings. The zero-order chi connectivity index (χ0) is 15.2. The summed E-state index contributed by atoms with van der Waals surface area (Å²) < 4.78 is 22.6. The predicted molar refractivity (Wildman–Crippen MR) is 80.6 cm³/mol. The fourth-order valence-corrected chi connectivity index (χ4v) is 3.42. The van der Waals surface area contributed by atoms with Gasteiger partial charge in [-0.15, -0.1) is 0 Å². The van der Waals surface area contributed by atoms with Gasteiger partial charge in [0.25, 0.3) is 0 Å². The summed E-state index contributed by atoms with van der Waals surface area (Å²) >= 11 is 0. The molecule has 0 aliphatic carbocycles. The monoisotopic (exact) mass is 298 g/mol. The van der Waals surface area contributed by atoms with Crippen LogP contribution >= 0.6 is 7.60 Å². The Kier molecular flexibility index (Phi) is 6.60. The van der Waals surface area contributed by atoms with Crippen molar-refractivity contribution in [3.8, 4) is 0 Å². The van der Waals surface area contributed by atoms with Crippen LogP contribution in [0.15, 0.2) is 24.3 Å². The van der Waals surface area contributed by atoms with Gasteiger partial charge in [0.15, 0.2) is 5.78 Å². The van der Waals surface area contributed by atoms with Crippen LogP contribution in [-0.4, -0.2) is 25.2 Å². The summed E-state index contributed by atoms with van der Waals surface area (Å²) in [6.45, 7) is 8.17. The van der Waals surface area contributed by atoms with Crippen molar-refractivity contribution in [3.63, 3.8) is 0 Å². The number of Topliss-reactive ketones (excluding diaryl/α,β-unsaturated/α-hetero) is 1. The Balaban J connectivity index is 2.81. The Morgan fingerprint density at radius 3 is 2.00 bits per heavy atom. The fourth-order valence-electron chi connectivity index (χ4n) is 1.84. The van der Waals surface area contributed by atoms with Crippen LogP contribution in [0.3, 0.4) is 0 Å². The Labute approximate surface area is 121 Å². The van der Waals surface area contributed by atoms with Crippen molar-refractivity contribution in [3.05, 3.63) is 35.4 Å². The summed E-state index contributed by atoms with van der Waals surface area (Å²) in [5.41, 5.74) is 1.70. The summed E-state index contributed by atoms with van der Waals surface area (Å²) in [7, 11) is -3.32. The van der Waals surface area contributed by atoms with Gasteiger partial charge in [-0.05, 0) is 25.3 Å². The molecule has 112 valence electrons. The number of hydrogen-bond donors (Lipinski definition) is 0. The molecule has 0 heterocycles. The highest BCUT2D eigenvalue weighted by molar-refractivity contribution is 7.54. The minimum absolute atomic E-state index is 0.213. The molecule has 20 heavy (non-hydrogen) atoms. The lowest BCUT2D eigenvalue weighted by molar-refractivity contribution is 0.100. The topological polar surface area (TPSA) is 52.6 Å². The van der Waals surface area contributed by atoms with Gasteiger partial charge in [-0.25, -0.2) is 0 Å². The van der Waals surface area contributed by atoms with Gasteiger partial charge in [0.2, 0.25) is 0 Å². The molecule has 0 aromatic heterocycles. The van der Waals surface area contributed by atoms with Gasteiger partial charge >= 0.3 is 7.60 Å². The van der Waals surface area contributed by atoms with E-state index in [4.69, 9.17) is 9.05 Å². The second kappa shape index (κ2) is 7.72. The highest BCUT2D eigenvalue weighted by Crippen LogP contribution is 2.48. The van der Waals surface area contributed by atoms with Gasteiger partial charge in [-0.3, -0.25) is 9.36 Å². The van der Waals surface area contributed by atoms with Crippen molar-refractivity contribution in [1.82, 2.24) is 0 Å². The molecule has 0 aliphatic rings. The standard InChI is InChI=1S/C15H23O4P/c1-5-18-20(17,19-6-2)11-15(16)14-9-7-13(8-10-14)12(3)4/h7-10,12H,5-6,11H2,1-4H3. The molecule has 5 heteroatoms. The zero-order valence-electron chi connectivity index (χ0n) is 12.6. The van der Waals surface area contributed by atoms with Crippen LogP contribution < -0.4 is 0 Å². The molecule has 0 radical (unpaired) electrons. The maximum absolute atomic E-state index is 12.3. The maximum Gasteiger partial charge on any atom is 0.338 e. The van der Waals surface area contributed by atoms with Crippen molar-refractivity contribution in [2.75, 3.05) is 19.4 Å². The maximum atomic E-state index is 12.3. The summed E-state index contributed by atoms with van der Waals surface area (Å²) in [6, 6.07) is 7.37. The van der Waals surface area contributed by atoms with Gasteiger partial charge in [0.1, 0.15) is 6.16 Å². The Morgan fingerprint density at radius 2 is 1.60 bits per heavy atom. The quantitative estimate of drug-likeness (QED) is 0.531. The normalized spacial score (nSPS) is 11.8. The first kappa shape index (κ1) is 17.1. The Bertz CT molecular complexity index is 469. The van der Waals surface area contributed by atoms with Crippen LogP contribution in [-0.2, 0) is 13.6 Å². The van der Waals surface area contributed by atoms with Gasteiger partial charge < -0.3 is 9.05 Å². The highest BCUT2D eigenvalue weighted by Gasteiger charge is 2.28. The number of ketones is 1. The largest absolute Gasteiger partial charge is 0.338 e. The molecule has 0 saturated carbocycles. The molecule has 0 unspecified atom stereocenters. The Hall–Kier alpha value is -0.960. The molecule has 1 aromatic carbocycles. The van der Waals surface area contributed by atoms with E-state index in [1.807, 2.05) is 12.1 Å². The highest BCUT2D eigenvalue weighted by atomic mass is 31.2. The molecule has 0 N–H and O–H groups in total. The lowest BCUT2D eigenvalue weighted by Crippen LogP contribution is -2.10. The van der Waals surface area contributed by atoms with Gasteiger partial charge in [0, 0.05) is 5.56 Å². The average molecular weight is 298 g/mol. The van der Waals surface area contributed by atoms with Crippen molar-refractivity contribution < 1.29 is 18.4 Å².